The van der Waals surface area contributed by atoms with E-state index in [0.29, 0.717) is 17.8 Å². The van der Waals surface area contributed by atoms with E-state index in [2.05, 4.69) is 15.1 Å². The highest BCUT2D eigenvalue weighted by molar-refractivity contribution is 4.87. The maximum atomic E-state index is 5.62. The highest BCUT2D eigenvalue weighted by Gasteiger charge is 2.24. The predicted molar refractivity (Wildman–Crippen MR) is 42.3 cm³/mol. The second-order valence-corrected chi connectivity index (χ2v) is 3.17. The molecule has 0 radical (unpaired) electrons. The predicted octanol–water partition coefficient (Wildman–Crippen LogP) is -0.479. The van der Waals surface area contributed by atoms with Gasteiger partial charge in [-0.1, -0.05) is 0 Å². The molecule has 0 unspecified atom stereocenters. The van der Waals surface area contributed by atoms with Gasteiger partial charge in [0.25, 0.3) is 0 Å². The van der Waals surface area contributed by atoms with E-state index in [0.717, 1.165) is 19.6 Å². The average Bonchev–Trinajstić information content (AvgIpc) is 2.33. The number of hydrogen-bond donors (Lipinski definition) is 1. The third-order valence-electron chi connectivity index (χ3n) is 1.91. The largest absolute Gasteiger partial charge is 0.424 e. The minimum Gasteiger partial charge on any atom is -0.424 e. The van der Waals surface area contributed by atoms with Gasteiger partial charge in [0.15, 0.2) is 0 Å². The molecule has 0 aromatic carbocycles. The van der Waals surface area contributed by atoms with E-state index in [4.69, 9.17) is 10.2 Å². The van der Waals surface area contributed by atoms with Crippen molar-refractivity contribution in [3.05, 3.63) is 11.8 Å². The van der Waals surface area contributed by atoms with Crippen LogP contribution in [0.4, 0.5) is 0 Å². The first-order valence-corrected chi connectivity index (χ1v) is 4.01. The lowest BCUT2D eigenvalue weighted by Gasteiger charge is -2.35. The lowest BCUT2D eigenvalue weighted by Crippen LogP contribution is -2.54. The van der Waals surface area contributed by atoms with Gasteiger partial charge in [0.05, 0.1) is 6.54 Å². The van der Waals surface area contributed by atoms with Crippen LogP contribution in [0.15, 0.2) is 4.42 Å². The van der Waals surface area contributed by atoms with Gasteiger partial charge in [0.2, 0.25) is 11.8 Å². The molecule has 1 saturated heterocycles. The highest BCUT2D eigenvalue weighted by Crippen LogP contribution is 2.10. The van der Waals surface area contributed by atoms with Gasteiger partial charge in [0.1, 0.15) is 0 Å². The van der Waals surface area contributed by atoms with Crippen LogP contribution in [-0.2, 0) is 6.54 Å². The molecule has 2 rings (SSSR count). The molecule has 0 amide bonds. The molecule has 1 aliphatic rings. The van der Waals surface area contributed by atoms with Crippen LogP contribution in [0, 0.1) is 6.92 Å². The van der Waals surface area contributed by atoms with Crippen molar-refractivity contribution in [2.24, 2.45) is 5.73 Å². The van der Waals surface area contributed by atoms with E-state index in [1.807, 2.05) is 0 Å². The van der Waals surface area contributed by atoms with E-state index in [9.17, 15) is 0 Å². The van der Waals surface area contributed by atoms with Gasteiger partial charge in [-0.2, -0.15) is 0 Å². The van der Waals surface area contributed by atoms with Crippen molar-refractivity contribution in [1.29, 1.82) is 0 Å². The van der Waals surface area contributed by atoms with Crippen LogP contribution >= 0.6 is 0 Å². The number of rotatable bonds is 2. The summed E-state index contributed by atoms with van der Waals surface area (Å²) in [6.45, 7) is 4.38. The molecule has 1 aromatic heterocycles. The van der Waals surface area contributed by atoms with Crippen molar-refractivity contribution in [3.8, 4) is 0 Å². The van der Waals surface area contributed by atoms with Gasteiger partial charge in [0, 0.05) is 26.1 Å². The molecular formula is C7H12N4O. The molecule has 5 nitrogen and oxygen atoms in total. The third-order valence-corrected chi connectivity index (χ3v) is 1.91. The van der Waals surface area contributed by atoms with Crippen molar-refractivity contribution in [2.45, 2.75) is 19.5 Å². The second kappa shape index (κ2) is 2.84. The van der Waals surface area contributed by atoms with Crippen LogP contribution in [0.1, 0.15) is 11.8 Å². The monoisotopic (exact) mass is 168 g/mol. The van der Waals surface area contributed by atoms with Crippen LogP contribution in [0.2, 0.25) is 0 Å². The Labute approximate surface area is 70.6 Å². The Hall–Kier alpha value is -0.940. The van der Waals surface area contributed by atoms with Gasteiger partial charge >= 0.3 is 0 Å². The lowest BCUT2D eigenvalue weighted by atomic mass is 10.1. The number of hydrogen-bond acceptors (Lipinski definition) is 5. The fourth-order valence-electron chi connectivity index (χ4n) is 1.33. The van der Waals surface area contributed by atoms with Gasteiger partial charge in [-0.25, -0.2) is 0 Å². The molecular weight excluding hydrogens is 156 g/mol. The average molecular weight is 168 g/mol. The summed E-state index contributed by atoms with van der Waals surface area (Å²) in [4.78, 5) is 2.18. The molecule has 1 aliphatic heterocycles. The first-order valence-electron chi connectivity index (χ1n) is 4.01. The van der Waals surface area contributed by atoms with Gasteiger partial charge in [-0.15, -0.1) is 10.2 Å². The number of aromatic nitrogens is 2. The third kappa shape index (κ3) is 1.46. The highest BCUT2D eigenvalue weighted by atomic mass is 16.4. The zero-order valence-electron chi connectivity index (χ0n) is 7.03. The maximum Gasteiger partial charge on any atom is 0.230 e. The summed E-state index contributed by atoms with van der Waals surface area (Å²) in [5.41, 5.74) is 5.62. The van der Waals surface area contributed by atoms with Crippen LogP contribution in [0.5, 0.6) is 0 Å². The minimum atomic E-state index is 0.328. The van der Waals surface area contributed by atoms with E-state index >= 15 is 0 Å². The standard InChI is InChI=1S/C7H12N4O/c1-5-9-10-7(12-5)4-11-2-6(8)3-11/h6H,2-4,8H2,1H3. The topological polar surface area (TPSA) is 68.2 Å². The molecule has 2 N–H and O–H groups in total. The zero-order valence-corrected chi connectivity index (χ0v) is 7.03. The van der Waals surface area contributed by atoms with Gasteiger partial charge in [-0.3, -0.25) is 4.90 Å². The first-order chi connectivity index (χ1) is 5.74. The van der Waals surface area contributed by atoms with E-state index in [1.165, 1.54) is 0 Å². The SMILES string of the molecule is Cc1nnc(CN2CC(N)C2)o1. The van der Waals surface area contributed by atoms with Crippen molar-refractivity contribution in [2.75, 3.05) is 13.1 Å². The Kier molecular flexibility index (Phi) is 1.82. The molecule has 1 aromatic rings. The maximum absolute atomic E-state index is 5.62. The van der Waals surface area contributed by atoms with Crippen molar-refractivity contribution < 1.29 is 4.42 Å². The summed E-state index contributed by atoms with van der Waals surface area (Å²) < 4.78 is 5.22. The fourth-order valence-corrected chi connectivity index (χ4v) is 1.33. The van der Waals surface area contributed by atoms with E-state index in [-0.39, 0.29) is 0 Å². The van der Waals surface area contributed by atoms with Gasteiger partial charge < -0.3 is 10.2 Å². The van der Waals surface area contributed by atoms with Crippen LogP contribution in [0.3, 0.4) is 0 Å². The Morgan fingerprint density at radius 3 is 2.83 bits per heavy atom. The minimum absolute atomic E-state index is 0.328. The number of nitrogens with zero attached hydrogens (tertiary/aromatic N) is 3. The Morgan fingerprint density at radius 1 is 1.58 bits per heavy atom. The van der Waals surface area contributed by atoms with Gasteiger partial charge in [-0.05, 0) is 0 Å². The summed E-state index contributed by atoms with van der Waals surface area (Å²) in [5.74, 6) is 1.30. The lowest BCUT2D eigenvalue weighted by molar-refractivity contribution is 0.128. The summed E-state index contributed by atoms with van der Waals surface area (Å²) in [6, 6.07) is 0.328. The normalized spacial score (nSPS) is 19.5. The number of nitrogens with two attached hydrogens (primary N) is 1. The zero-order chi connectivity index (χ0) is 8.55. The molecule has 66 valence electrons. The molecule has 0 spiro atoms. The van der Waals surface area contributed by atoms with E-state index in [1.54, 1.807) is 6.92 Å². The quantitative estimate of drug-likeness (QED) is 0.646. The summed E-state index contributed by atoms with van der Waals surface area (Å²) in [7, 11) is 0. The number of aryl methyl sites for hydroxylation is 1. The summed E-state index contributed by atoms with van der Waals surface area (Å²) in [6.07, 6.45) is 0. The Morgan fingerprint density at radius 2 is 2.33 bits per heavy atom. The summed E-state index contributed by atoms with van der Waals surface area (Å²) in [5, 5.41) is 7.64. The molecule has 0 aliphatic carbocycles. The smallest absolute Gasteiger partial charge is 0.230 e. The van der Waals surface area contributed by atoms with E-state index < -0.39 is 0 Å². The number of likely N-dealkylation sites (tertiary alicyclic amines) is 1. The molecule has 12 heavy (non-hydrogen) atoms. The van der Waals surface area contributed by atoms with Crippen LogP contribution in [-0.4, -0.2) is 34.2 Å². The Balaban J connectivity index is 1.88. The molecule has 0 bridgehead atoms. The molecule has 2 heterocycles. The Bertz CT molecular complexity index is 266. The van der Waals surface area contributed by atoms with Crippen molar-refractivity contribution >= 4 is 0 Å². The fraction of sp³-hybridized carbons (Fsp3) is 0.714. The van der Waals surface area contributed by atoms with Crippen molar-refractivity contribution in [3.63, 3.8) is 0 Å². The molecule has 0 saturated carbocycles. The molecule has 1 fully saturated rings. The second-order valence-electron chi connectivity index (χ2n) is 3.17. The first kappa shape index (κ1) is 7.70. The van der Waals surface area contributed by atoms with Crippen LogP contribution < -0.4 is 5.73 Å². The van der Waals surface area contributed by atoms with Crippen molar-refractivity contribution in [1.82, 2.24) is 15.1 Å². The van der Waals surface area contributed by atoms with Crippen LogP contribution in [0.25, 0.3) is 0 Å². The molecule has 0 atom stereocenters. The summed E-state index contributed by atoms with van der Waals surface area (Å²) >= 11 is 0. The molecule has 5 heteroatoms.